The van der Waals surface area contributed by atoms with Crippen LogP contribution in [0.15, 0.2) is 24.3 Å². The molecule has 0 radical (unpaired) electrons. The van der Waals surface area contributed by atoms with Gasteiger partial charge in [-0.2, -0.15) is 26.3 Å². The van der Waals surface area contributed by atoms with Gasteiger partial charge in [0.2, 0.25) is 0 Å². The van der Waals surface area contributed by atoms with Crippen LogP contribution in [0.3, 0.4) is 0 Å². The molecule has 32 heavy (non-hydrogen) atoms. The predicted octanol–water partition coefficient (Wildman–Crippen LogP) is 4.18. The van der Waals surface area contributed by atoms with Gasteiger partial charge < -0.3 is 20.4 Å². The first-order valence-corrected chi connectivity index (χ1v) is 7.90. The SMILES string of the molecule is O=C(O)c1cc(-c2cc(C(=O)O)c(C(=O)O)c(C(F)(F)F)c2)cc(C(F)(F)F)c1C(=O)O. The number of hydrogen-bond acceptors (Lipinski definition) is 4. The Morgan fingerprint density at radius 2 is 0.812 bits per heavy atom. The van der Waals surface area contributed by atoms with E-state index in [0.29, 0.717) is 12.1 Å². The quantitative estimate of drug-likeness (QED) is 0.480. The molecule has 0 atom stereocenters. The molecule has 2 aromatic carbocycles. The Balaban J connectivity index is 3.06. The molecule has 8 nitrogen and oxygen atoms in total. The van der Waals surface area contributed by atoms with Crippen LogP contribution >= 0.6 is 0 Å². The monoisotopic (exact) mass is 466 g/mol. The van der Waals surface area contributed by atoms with Crippen molar-refractivity contribution in [1.82, 2.24) is 0 Å². The van der Waals surface area contributed by atoms with Gasteiger partial charge >= 0.3 is 36.2 Å². The Hall–Kier alpha value is -4.10. The van der Waals surface area contributed by atoms with Crippen LogP contribution in [0, 0.1) is 0 Å². The Kier molecular flexibility index (Phi) is 5.94. The first-order chi connectivity index (χ1) is 14.5. The molecule has 0 aliphatic rings. The Morgan fingerprint density at radius 1 is 0.531 bits per heavy atom. The predicted molar refractivity (Wildman–Crippen MR) is 89.7 cm³/mol. The highest BCUT2D eigenvalue weighted by atomic mass is 19.4. The van der Waals surface area contributed by atoms with Crippen molar-refractivity contribution in [3.05, 3.63) is 57.6 Å². The molecule has 0 fully saturated rings. The van der Waals surface area contributed by atoms with Gasteiger partial charge in [0.05, 0.1) is 33.4 Å². The minimum Gasteiger partial charge on any atom is -0.478 e. The summed E-state index contributed by atoms with van der Waals surface area (Å²) in [6, 6.07) is 0.667. The summed E-state index contributed by atoms with van der Waals surface area (Å²) in [5, 5.41) is 36.3. The molecule has 0 amide bonds. The van der Waals surface area contributed by atoms with E-state index in [2.05, 4.69) is 0 Å². The molecule has 0 bridgehead atoms. The summed E-state index contributed by atoms with van der Waals surface area (Å²) in [7, 11) is 0. The van der Waals surface area contributed by atoms with E-state index in [9.17, 15) is 45.5 Å². The van der Waals surface area contributed by atoms with E-state index in [4.69, 9.17) is 20.4 Å². The van der Waals surface area contributed by atoms with E-state index < -0.39 is 80.7 Å². The largest absolute Gasteiger partial charge is 0.478 e. The maximum atomic E-state index is 13.4. The van der Waals surface area contributed by atoms with Crippen LogP contribution in [0.2, 0.25) is 0 Å². The van der Waals surface area contributed by atoms with Crippen LogP contribution < -0.4 is 0 Å². The van der Waals surface area contributed by atoms with Crippen molar-refractivity contribution in [3.8, 4) is 11.1 Å². The molecular formula is C18H8F6O8. The lowest BCUT2D eigenvalue weighted by Crippen LogP contribution is -2.19. The van der Waals surface area contributed by atoms with Gasteiger partial charge in [-0.15, -0.1) is 0 Å². The van der Waals surface area contributed by atoms with Gasteiger partial charge in [0.15, 0.2) is 0 Å². The zero-order chi connectivity index (χ0) is 24.8. The van der Waals surface area contributed by atoms with Gasteiger partial charge in [-0.3, -0.25) is 0 Å². The third-order valence-corrected chi connectivity index (χ3v) is 4.11. The van der Waals surface area contributed by atoms with E-state index in [1.165, 1.54) is 0 Å². The lowest BCUT2D eigenvalue weighted by atomic mass is 9.90. The number of halogens is 6. The second-order valence-electron chi connectivity index (χ2n) is 6.11. The molecule has 2 rings (SSSR count). The Bertz CT molecular complexity index is 1070. The molecule has 0 saturated heterocycles. The molecule has 0 spiro atoms. The highest BCUT2D eigenvalue weighted by Crippen LogP contribution is 2.40. The van der Waals surface area contributed by atoms with Crippen molar-refractivity contribution < 1.29 is 65.9 Å². The molecule has 2 aromatic rings. The first kappa shape index (κ1) is 24.2. The number of carbonyl (C=O) groups is 4. The maximum absolute atomic E-state index is 13.4. The number of aromatic carboxylic acids is 4. The summed E-state index contributed by atoms with van der Waals surface area (Å²) in [4.78, 5) is 45.2. The fourth-order valence-electron chi connectivity index (χ4n) is 2.86. The molecule has 0 aliphatic heterocycles. The van der Waals surface area contributed by atoms with Gasteiger partial charge in [0.1, 0.15) is 0 Å². The number of benzene rings is 2. The standard InChI is InChI=1S/C18H8F6O8/c19-17(20,21)9-3-5(1-7(13(25)26)11(9)15(29)30)6-2-8(14(27)28)12(16(31)32)10(4-6)18(22,23)24/h1-4H,(H,25,26)(H,27,28)(H,29,30)(H,31,32). The molecule has 0 aliphatic carbocycles. The third-order valence-electron chi connectivity index (χ3n) is 4.11. The van der Waals surface area contributed by atoms with Gasteiger partial charge in [0, 0.05) is 0 Å². The number of rotatable bonds is 5. The molecule has 0 saturated carbocycles. The average Bonchev–Trinajstić information content (AvgIpc) is 2.63. The van der Waals surface area contributed by atoms with Gasteiger partial charge in [-0.05, 0) is 35.4 Å². The molecular weight excluding hydrogens is 458 g/mol. The number of hydrogen-bond donors (Lipinski definition) is 4. The summed E-state index contributed by atoms with van der Waals surface area (Å²) < 4.78 is 80.3. The van der Waals surface area contributed by atoms with Crippen LogP contribution in [-0.4, -0.2) is 44.3 Å². The third kappa shape index (κ3) is 4.48. The summed E-state index contributed by atoms with van der Waals surface area (Å²) in [6.45, 7) is 0. The Labute approximate surface area is 171 Å². The van der Waals surface area contributed by atoms with Crippen LogP contribution in [0.4, 0.5) is 26.3 Å². The summed E-state index contributed by atoms with van der Waals surface area (Å²) in [6.07, 6.45) is -10.9. The molecule has 0 heterocycles. The minimum absolute atomic E-state index is 0.0252. The molecule has 14 heteroatoms. The molecule has 0 unspecified atom stereocenters. The van der Waals surface area contributed by atoms with E-state index in [0.717, 1.165) is 0 Å². The fraction of sp³-hybridized carbons (Fsp3) is 0.111. The summed E-state index contributed by atoms with van der Waals surface area (Å²) >= 11 is 0. The summed E-state index contributed by atoms with van der Waals surface area (Å²) in [5.74, 6) is -8.90. The number of carboxylic acid groups (broad SMARTS) is 4. The highest BCUT2D eigenvalue weighted by molar-refractivity contribution is 6.06. The zero-order valence-electron chi connectivity index (χ0n) is 15.0. The smallest absolute Gasteiger partial charge is 0.417 e. The van der Waals surface area contributed by atoms with Crippen molar-refractivity contribution in [2.24, 2.45) is 0 Å². The second-order valence-corrected chi connectivity index (χ2v) is 6.11. The summed E-state index contributed by atoms with van der Waals surface area (Å²) in [5.41, 5.74) is -12.2. The van der Waals surface area contributed by atoms with Crippen molar-refractivity contribution in [2.45, 2.75) is 12.4 Å². The van der Waals surface area contributed by atoms with E-state index in [1.807, 2.05) is 0 Å². The van der Waals surface area contributed by atoms with Crippen LogP contribution in [0.5, 0.6) is 0 Å². The van der Waals surface area contributed by atoms with E-state index in [-0.39, 0.29) is 12.1 Å². The lowest BCUT2D eigenvalue weighted by molar-refractivity contribution is -0.139. The van der Waals surface area contributed by atoms with Crippen LogP contribution in [0.1, 0.15) is 52.6 Å². The van der Waals surface area contributed by atoms with Crippen molar-refractivity contribution in [2.75, 3.05) is 0 Å². The van der Waals surface area contributed by atoms with Gasteiger partial charge in [-0.25, -0.2) is 19.2 Å². The topological polar surface area (TPSA) is 149 Å². The first-order valence-electron chi connectivity index (χ1n) is 7.90. The van der Waals surface area contributed by atoms with E-state index >= 15 is 0 Å². The van der Waals surface area contributed by atoms with Crippen molar-refractivity contribution in [3.63, 3.8) is 0 Å². The lowest BCUT2D eigenvalue weighted by Gasteiger charge is -2.18. The fourth-order valence-corrected chi connectivity index (χ4v) is 2.86. The second kappa shape index (κ2) is 7.86. The molecule has 4 N–H and O–H groups in total. The molecule has 170 valence electrons. The average molecular weight is 466 g/mol. The van der Waals surface area contributed by atoms with E-state index in [1.54, 1.807) is 0 Å². The van der Waals surface area contributed by atoms with Gasteiger partial charge in [0.25, 0.3) is 0 Å². The van der Waals surface area contributed by atoms with Crippen molar-refractivity contribution >= 4 is 23.9 Å². The maximum Gasteiger partial charge on any atom is 0.417 e. The van der Waals surface area contributed by atoms with Crippen LogP contribution in [0.25, 0.3) is 11.1 Å². The minimum atomic E-state index is -5.46. The van der Waals surface area contributed by atoms with Crippen LogP contribution in [-0.2, 0) is 12.4 Å². The molecule has 0 aromatic heterocycles. The van der Waals surface area contributed by atoms with Gasteiger partial charge in [-0.1, -0.05) is 0 Å². The number of carboxylic acids is 4. The Morgan fingerprint density at radius 3 is 1.00 bits per heavy atom. The van der Waals surface area contributed by atoms with Crippen molar-refractivity contribution in [1.29, 1.82) is 0 Å². The normalized spacial score (nSPS) is 11.8. The highest BCUT2D eigenvalue weighted by Gasteiger charge is 2.41. The zero-order valence-corrected chi connectivity index (χ0v) is 15.0. The number of alkyl halides is 6.